The molecule has 52 heavy (non-hydrogen) atoms. The van der Waals surface area contributed by atoms with Gasteiger partial charge in [-0.15, -0.1) is 11.6 Å². The van der Waals surface area contributed by atoms with E-state index < -0.39 is 86.1 Å². The van der Waals surface area contributed by atoms with Crippen molar-refractivity contribution in [2.24, 2.45) is 0 Å². The normalized spacial score (nSPS) is 24.7. The van der Waals surface area contributed by atoms with Gasteiger partial charge in [0.15, 0.2) is 34.7 Å². The molecule has 0 aromatic heterocycles. The minimum atomic E-state index is -5.52. The van der Waals surface area contributed by atoms with Crippen LogP contribution in [0.2, 0.25) is 0 Å². The number of hydrogen-bond donors (Lipinski definition) is 0. The molecule has 4 bridgehead atoms. The summed E-state index contributed by atoms with van der Waals surface area (Å²) in [5.41, 5.74) is 1.26. The average Bonchev–Trinajstić information content (AvgIpc) is 3.95. The molecule has 3 unspecified atom stereocenters. The van der Waals surface area contributed by atoms with Gasteiger partial charge < -0.3 is 9.64 Å². The molecule has 2 aliphatic heterocycles. The molecule has 278 valence electrons. The Hall–Kier alpha value is -3.81. The molecular formula is C38H38ClF5N2O5S. The number of rotatable bonds is 7. The molecule has 14 heteroatoms. The first-order chi connectivity index (χ1) is 24.3. The number of ether oxygens (including phenoxy) is 1. The summed E-state index contributed by atoms with van der Waals surface area (Å²) in [4.78, 5) is 27.3. The monoisotopic (exact) mass is 764 g/mol. The fourth-order valence-corrected chi connectivity index (χ4v) is 8.12. The molecule has 2 aromatic carbocycles. The number of amides is 1. The van der Waals surface area contributed by atoms with Gasteiger partial charge >= 0.3 is 5.97 Å². The Morgan fingerprint density at radius 1 is 0.981 bits per heavy atom. The standard InChI is InChI=1S/C38H38ClF5N2O5S/c1-37(2)25-9-13-28(14-10-25)46(19-22-15-24(23-7-8-23)17-26(16-22)38(3,4)51-36(37)48)29(47)20-45(18-21-5-11-27(39)12-6-21)52(49,50)35-33(43)31(41)30(40)32(42)34(35)44/h5-6,9-11,13-17,23,27,30-31H,7-8,12,18-20H2,1-4H3. The smallest absolute Gasteiger partial charge is 0.316 e. The highest BCUT2D eigenvalue weighted by Gasteiger charge is 2.47. The molecule has 0 saturated heterocycles. The highest BCUT2D eigenvalue weighted by atomic mass is 35.5. The van der Waals surface area contributed by atoms with Gasteiger partial charge in [-0.3, -0.25) is 9.59 Å². The lowest BCUT2D eigenvalue weighted by molar-refractivity contribution is -0.163. The van der Waals surface area contributed by atoms with Crippen LogP contribution in [0.4, 0.5) is 27.6 Å². The summed E-state index contributed by atoms with van der Waals surface area (Å²) < 4.78 is 108. The van der Waals surface area contributed by atoms with Gasteiger partial charge in [-0.2, -0.15) is 4.31 Å². The Morgan fingerprint density at radius 3 is 2.25 bits per heavy atom. The van der Waals surface area contributed by atoms with E-state index in [4.69, 9.17) is 16.3 Å². The van der Waals surface area contributed by atoms with Crippen molar-refractivity contribution in [1.29, 1.82) is 0 Å². The van der Waals surface area contributed by atoms with Crippen molar-refractivity contribution < 1.29 is 44.7 Å². The summed E-state index contributed by atoms with van der Waals surface area (Å²) in [6.07, 6.45) is -0.0420. The number of nitrogens with zero attached hydrogens (tertiary/aromatic N) is 2. The number of carbonyl (C=O) groups excluding carboxylic acids is 2. The number of esters is 1. The molecule has 7 rings (SSSR count). The van der Waals surface area contributed by atoms with Gasteiger partial charge in [-0.25, -0.2) is 30.4 Å². The second-order valence-corrected chi connectivity index (χ2v) is 17.0. The number of carbonyl (C=O) groups is 2. The highest BCUT2D eigenvalue weighted by molar-refractivity contribution is 7.93. The minimum Gasteiger partial charge on any atom is -0.454 e. The number of allylic oxidation sites excluding steroid dienone is 5. The molecule has 3 atom stereocenters. The number of benzene rings is 2. The van der Waals surface area contributed by atoms with Crippen LogP contribution in [0.1, 0.15) is 75.1 Å². The summed E-state index contributed by atoms with van der Waals surface area (Å²) in [6.45, 7) is 5.20. The molecular weight excluding hydrogens is 727 g/mol. The van der Waals surface area contributed by atoms with Crippen molar-refractivity contribution in [3.8, 4) is 0 Å². The van der Waals surface area contributed by atoms with Crippen LogP contribution in [0.5, 0.6) is 0 Å². The largest absolute Gasteiger partial charge is 0.454 e. The second-order valence-electron chi connectivity index (χ2n) is 14.6. The van der Waals surface area contributed by atoms with Crippen molar-refractivity contribution in [2.75, 3.05) is 18.0 Å². The van der Waals surface area contributed by atoms with E-state index in [0.29, 0.717) is 32.3 Å². The third-order valence-corrected chi connectivity index (χ3v) is 12.1. The third kappa shape index (κ3) is 7.23. The lowest BCUT2D eigenvalue weighted by Crippen LogP contribution is -2.45. The van der Waals surface area contributed by atoms with Gasteiger partial charge in [0.2, 0.25) is 15.9 Å². The second kappa shape index (κ2) is 13.9. The molecule has 1 saturated carbocycles. The van der Waals surface area contributed by atoms with Gasteiger partial charge in [-0.1, -0.05) is 48.6 Å². The fraction of sp³-hybridized carbons (Fsp3) is 0.421. The Balaban J connectivity index is 1.45. The molecule has 5 aliphatic rings. The summed E-state index contributed by atoms with van der Waals surface area (Å²) in [5, 5.41) is -0.418. The van der Waals surface area contributed by atoms with Gasteiger partial charge in [0.05, 0.1) is 23.9 Å². The highest BCUT2D eigenvalue weighted by Crippen LogP contribution is 2.44. The lowest BCUT2D eigenvalue weighted by atomic mass is 9.84. The number of hydrogen-bond acceptors (Lipinski definition) is 5. The lowest BCUT2D eigenvalue weighted by Gasteiger charge is -2.32. The first kappa shape index (κ1) is 37.9. The Labute approximate surface area is 304 Å². The first-order valence-corrected chi connectivity index (χ1v) is 18.7. The van der Waals surface area contributed by atoms with E-state index in [9.17, 15) is 31.2 Å². The summed E-state index contributed by atoms with van der Waals surface area (Å²) in [6, 6.07) is 12.1. The number of sulfonamides is 1. The molecule has 1 amide bonds. The van der Waals surface area contributed by atoms with Crippen LogP contribution in [0.15, 0.2) is 88.7 Å². The van der Waals surface area contributed by atoms with E-state index >= 15 is 8.78 Å². The zero-order valence-corrected chi connectivity index (χ0v) is 30.5. The number of fused-ring (bicyclic) bond motifs is 6. The maximum atomic E-state index is 15.1. The molecule has 0 N–H and O–H groups in total. The number of anilines is 1. The maximum absolute atomic E-state index is 15.1. The van der Waals surface area contributed by atoms with Crippen LogP contribution in [0.3, 0.4) is 0 Å². The summed E-state index contributed by atoms with van der Waals surface area (Å²) in [7, 11) is -5.52. The van der Waals surface area contributed by atoms with E-state index in [1.807, 2.05) is 12.1 Å². The van der Waals surface area contributed by atoms with Crippen LogP contribution >= 0.6 is 11.6 Å². The average molecular weight is 765 g/mol. The first-order valence-electron chi connectivity index (χ1n) is 16.8. The zero-order valence-electron chi connectivity index (χ0n) is 28.9. The van der Waals surface area contributed by atoms with Crippen LogP contribution in [0.25, 0.3) is 0 Å². The minimum absolute atomic E-state index is 0.0976. The predicted octanol–water partition coefficient (Wildman–Crippen LogP) is 8.31. The third-order valence-electron chi connectivity index (χ3n) is 9.92. The van der Waals surface area contributed by atoms with E-state index in [1.165, 1.54) is 11.0 Å². The van der Waals surface area contributed by atoms with Crippen LogP contribution in [-0.4, -0.2) is 55.4 Å². The van der Waals surface area contributed by atoms with E-state index in [0.717, 1.165) is 18.4 Å². The molecule has 0 spiro atoms. The molecule has 0 radical (unpaired) electrons. The van der Waals surface area contributed by atoms with Crippen molar-refractivity contribution in [3.63, 3.8) is 0 Å². The number of alkyl halides is 3. The van der Waals surface area contributed by atoms with Gasteiger partial charge in [0.25, 0.3) is 0 Å². The van der Waals surface area contributed by atoms with Gasteiger partial charge in [0.1, 0.15) is 5.60 Å². The Bertz CT molecular complexity index is 2040. The maximum Gasteiger partial charge on any atom is 0.316 e. The Kier molecular flexibility index (Phi) is 10.1. The molecule has 7 nitrogen and oxygen atoms in total. The van der Waals surface area contributed by atoms with Crippen molar-refractivity contribution >= 4 is 39.2 Å². The van der Waals surface area contributed by atoms with E-state index in [1.54, 1.807) is 70.2 Å². The summed E-state index contributed by atoms with van der Waals surface area (Å²) in [5.74, 6) is -8.22. The SMILES string of the molecule is CC1(C)OC(=O)C(C)(C)c2ccc(cc2)N(C(=O)CN(CC2=CCC(Cl)C=C2)S(=O)(=O)C2=C(F)C(F)C(F)C(F)=C2F)Cc2cc(C3CC3)cc1c2. The number of halogens is 6. The summed E-state index contributed by atoms with van der Waals surface area (Å²) >= 11 is 6.13. The predicted molar refractivity (Wildman–Crippen MR) is 187 cm³/mol. The topological polar surface area (TPSA) is 84.0 Å². The van der Waals surface area contributed by atoms with Crippen LogP contribution in [-0.2, 0) is 41.9 Å². The van der Waals surface area contributed by atoms with Crippen LogP contribution in [0, 0.1) is 0 Å². The molecule has 2 heterocycles. The van der Waals surface area contributed by atoms with Crippen LogP contribution < -0.4 is 4.90 Å². The molecule has 2 aromatic rings. The van der Waals surface area contributed by atoms with Crippen molar-refractivity contribution in [1.82, 2.24) is 4.31 Å². The molecule has 1 fully saturated rings. The van der Waals surface area contributed by atoms with E-state index in [-0.39, 0.29) is 18.9 Å². The Morgan fingerprint density at radius 2 is 1.63 bits per heavy atom. The van der Waals surface area contributed by atoms with E-state index in [2.05, 4.69) is 0 Å². The van der Waals surface area contributed by atoms with Crippen molar-refractivity contribution in [3.05, 3.63) is 111 Å². The van der Waals surface area contributed by atoms with Gasteiger partial charge in [0, 0.05) is 12.2 Å². The molecule has 3 aliphatic carbocycles. The quantitative estimate of drug-likeness (QED) is 0.161. The fourth-order valence-electron chi connectivity index (χ4n) is 6.41. The zero-order chi connectivity index (χ0) is 37.9. The van der Waals surface area contributed by atoms with Gasteiger partial charge in [-0.05, 0) is 92.8 Å². The van der Waals surface area contributed by atoms with Crippen molar-refractivity contribution in [2.45, 2.75) is 88.2 Å².